The summed E-state index contributed by atoms with van der Waals surface area (Å²) in [7, 11) is 1.75. The number of aryl methyl sites for hydroxylation is 2. The fourth-order valence-electron chi connectivity index (χ4n) is 2.30. The van der Waals surface area contributed by atoms with Crippen LogP contribution in [0.25, 0.3) is 0 Å². The molecule has 0 saturated heterocycles. The number of amides is 1. The zero-order valence-electron chi connectivity index (χ0n) is 13.6. The Hall–Kier alpha value is -2.64. The van der Waals surface area contributed by atoms with Crippen LogP contribution in [0.3, 0.4) is 0 Å². The molecule has 0 atom stereocenters. The fraction of sp³-hybridized carbons (Fsp3) is 0.467. The van der Waals surface area contributed by atoms with Gasteiger partial charge in [-0.1, -0.05) is 0 Å². The Morgan fingerprint density at radius 2 is 2.13 bits per heavy atom. The number of carbonyl (C=O) groups excluding carboxylic acids is 1. The third kappa shape index (κ3) is 3.97. The van der Waals surface area contributed by atoms with Crippen LogP contribution < -0.4 is 0 Å². The molecule has 0 aliphatic carbocycles. The molecule has 0 saturated carbocycles. The number of aromatic carboxylic acids is 1. The van der Waals surface area contributed by atoms with Crippen LogP contribution in [0.5, 0.6) is 0 Å². The molecule has 0 unspecified atom stereocenters. The van der Waals surface area contributed by atoms with Crippen molar-refractivity contribution < 1.29 is 14.7 Å². The highest BCUT2D eigenvalue weighted by atomic mass is 16.4. The van der Waals surface area contributed by atoms with Gasteiger partial charge in [0.15, 0.2) is 5.69 Å². The first kappa shape index (κ1) is 16.7. The highest BCUT2D eigenvalue weighted by molar-refractivity contribution is 5.85. The predicted molar refractivity (Wildman–Crippen MR) is 82.9 cm³/mol. The first-order chi connectivity index (χ1) is 10.9. The van der Waals surface area contributed by atoms with Gasteiger partial charge in [-0.05, 0) is 19.9 Å². The molecular formula is C15H21N5O3. The van der Waals surface area contributed by atoms with E-state index in [1.54, 1.807) is 24.3 Å². The Kier molecular flexibility index (Phi) is 5.15. The molecule has 8 nitrogen and oxygen atoms in total. The number of aromatic nitrogens is 4. The summed E-state index contributed by atoms with van der Waals surface area (Å²) in [5, 5.41) is 17.0. The van der Waals surface area contributed by atoms with E-state index in [4.69, 9.17) is 5.11 Å². The third-order valence-corrected chi connectivity index (χ3v) is 3.75. The number of hydrogen-bond donors (Lipinski definition) is 1. The zero-order valence-corrected chi connectivity index (χ0v) is 13.6. The van der Waals surface area contributed by atoms with Gasteiger partial charge in [-0.15, -0.1) is 0 Å². The Morgan fingerprint density at radius 3 is 2.70 bits per heavy atom. The van der Waals surface area contributed by atoms with Crippen molar-refractivity contribution in [2.24, 2.45) is 0 Å². The molecule has 23 heavy (non-hydrogen) atoms. The van der Waals surface area contributed by atoms with E-state index in [9.17, 15) is 9.59 Å². The summed E-state index contributed by atoms with van der Waals surface area (Å²) >= 11 is 0. The molecule has 2 heterocycles. The Labute approximate surface area is 134 Å². The van der Waals surface area contributed by atoms with Crippen molar-refractivity contribution in [3.05, 3.63) is 35.4 Å². The van der Waals surface area contributed by atoms with Gasteiger partial charge < -0.3 is 10.0 Å². The topological polar surface area (TPSA) is 93.2 Å². The minimum Gasteiger partial charge on any atom is -0.476 e. The maximum absolute atomic E-state index is 12.2. The van der Waals surface area contributed by atoms with Crippen molar-refractivity contribution in [2.45, 2.75) is 39.9 Å². The van der Waals surface area contributed by atoms with Crippen LogP contribution in [0.1, 0.15) is 35.1 Å². The highest BCUT2D eigenvalue weighted by Gasteiger charge is 2.14. The molecular weight excluding hydrogens is 298 g/mol. The molecule has 2 rings (SSSR count). The Morgan fingerprint density at radius 1 is 1.39 bits per heavy atom. The second kappa shape index (κ2) is 7.08. The lowest BCUT2D eigenvalue weighted by molar-refractivity contribution is -0.130. The summed E-state index contributed by atoms with van der Waals surface area (Å²) in [5.74, 6) is -1.10. The molecule has 0 aromatic carbocycles. The fourth-order valence-corrected chi connectivity index (χ4v) is 2.30. The van der Waals surface area contributed by atoms with Crippen LogP contribution in [0.15, 0.2) is 18.5 Å². The van der Waals surface area contributed by atoms with Crippen molar-refractivity contribution in [3.63, 3.8) is 0 Å². The van der Waals surface area contributed by atoms with Crippen molar-refractivity contribution >= 4 is 11.9 Å². The molecule has 1 N–H and O–H groups in total. The third-order valence-electron chi connectivity index (χ3n) is 3.75. The van der Waals surface area contributed by atoms with E-state index in [1.807, 2.05) is 18.5 Å². The summed E-state index contributed by atoms with van der Waals surface area (Å²) in [6, 6.07) is 1.42. The Balaban J connectivity index is 1.89. The van der Waals surface area contributed by atoms with E-state index in [-0.39, 0.29) is 18.0 Å². The molecule has 8 heteroatoms. The second-order valence-corrected chi connectivity index (χ2v) is 5.34. The van der Waals surface area contributed by atoms with E-state index in [0.29, 0.717) is 13.1 Å². The van der Waals surface area contributed by atoms with Crippen molar-refractivity contribution in [1.29, 1.82) is 0 Å². The smallest absolute Gasteiger partial charge is 0.356 e. The predicted octanol–water partition coefficient (Wildman–Crippen LogP) is 1.15. The molecule has 2 aromatic rings. The maximum atomic E-state index is 12.2. The minimum absolute atomic E-state index is 0.0200. The zero-order chi connectivity index (χ0) is 17.0. The number of carboxylic acids is 1. The molecule has 0 bridgehead atoms. The van der Waals surface area contributed by atoms with E-state index in [0.717, 1.165) is 17.8 Å². The maximum Gasteiger partial charge on any atom is 0.356 e. The van der Waals surface area contributed by atoms with Gasteiger partial charge in [0.25, 0.3) is 0 Å². The number of carbonyl (C=O) groups is 2. The van der Waals surface area contributed by atoms with Gasteiger partial charge in [0.1, 0.15) is 0 Å². The lowest BCUT2D eigenvalue weighted by Gasteiger charge is -2.17. The largest absolute Gasteiger partial charge is 0.476 e. The SMILES string of the molecule is CCn1ncc(CN(C)C(=O)CCn2ccc(C(=O)O)n2)c1C. The van der Waals surface area contributed by atoms with Crippen LogP contribution in [0, 0.1) is 6.92 Å². The summed E-state index contributed by atoms with van der Waals surface area (Å²) < 4.78 is 3.36. The van der Waals surface area contributed by atoms with E-state index in [1.165, 1.54) is 10.7 Å². The standard InChI is InChI=1S/C15H21N5O3/c1-4-20-11(2)12(9-16-20)10-18(3)14(21)6-8-19-7-5-13(17-19)15(22)23/h5,7,9H,4,6,8,10H2,1-3H3,(H,22,23). The van der Waals surface area contributed by atoms with E-state index in [2.05, 4.69) is 10.2 Å². The first-order valence-electron chi connectivity index (χ1n) is 7.44. The van der Waals surface area contributed by atoms with Crippen molar-refractivity contribution in [3.8, 4) is 0 Å². The molecule has 0 radical (unpaired) electrons. The van der Waals surface area contributed by atoms with Crippen LogP contribution in [0.2, 0.25) is 0 Å². The lowest BCUT2D eigenvalue weighted by Crippen LogP contribution is -2.27. The molecule has 124 valence electrons. The van der Waals surface area contributed by atoms with Gasteiger partial charge in [-0.2, -0.15) is 10.2 Å². The molecule has 0 aliphatic heterocycles. The van der Waals surface area contributed by atoms with E-state index >= 15 is 0 Å². The average molecular weight is 319 g/mol. The quantitative estimate of drug-likeness (QED) is 0.826. The van der Waals surface area contributed by atoms with Crippen molar-refractivity contribution in [1.82, 2.24) is 24.5 Å². The van der Waals surface area contributed by atoms with Gasteiger partial charge in [0, 0.05) is 50.6 Å². The molecule has 0 fully saturated rings. The second-order valence-electron chi connectivity index (χ2n) is 5.34. The number of rotatable bonds is 7. The van der Waals surface area contributed by atoms with Crippen molar-refractivity contribution in [2.75, 3.05) is 7.05 Å². The van der Waals surface area contributed by atoms with Gasteiger partial charge in [0.05, 0.1) is 6.20 Å². The van der Waals surface area contributed by atoms with Crippen LogP contribution in [-0.4, -0.2) is 48.5 Å². The monoisotopic (exact) mass is 319 g/mol. The summed E-state index contributed by atoms with van der Waals surface area (Å²) in [4.78, 5) is 24.6. The normalized spacial score (nSPS) is 10.7. The first-order valence-corrected chi connectivity index (χ1v) is 7.44. The molecule has 1 amide bonds. The summed E-state index contributed by atoms with van der Waals surface area (Å²) in [6.45, 7) is 5.66. The Bertz CT molecular complexity index is 704. The molecule has 2 aromatic heterocycles. The van der Waals surface area contributed by atoms with Crippen LogP contribution in [-0.2, 0) is 24.4 Å². The van der Waals surface area contributed by atoms with Gasteiger partial charge in [-0.3, -0.25) is 14.2 Å². The summed E-state index contributed by atoms with van der Waals surface area (Å²) in [6.07, 6.45) is 3.61. The average Bonchev–Trinajstić information content (AvgIpc) is 3.12. The minimum atomic E-state index is -1.07. The summed E-state index contributed by atoms with van der Waals surface area (Å²) in [5.41, 5.74) is 2.06. The van der Waals surface area contributed by atoms with E-state index < -0.39 is 5.97 Å². The molecule has 0 spiro atoms. The molecule has 0 aliphatic rings. The van der Waals surface area contributed by atoms with Crippen LogP contribution >= 0.6 is 0 Å². The van der Waals surface area contributed by atoms with Gasteiger partial charge in [-0.25, -0.2) is 4.79 Å². The number of nitrogens with zero attached hydrogens (tertiary/aromatic N) is 5. The lowest BCUT2D eigenvalue weighted by atomic mass is 10.2. The number of carboxylic acid groups (broad SMARTS) is 1. The number of hydrogen-bond acceptors (Lipinski definition) is 4. The van der Waals surface area contributed by atoms with Gasteiger partial charge >= 0.3 is 5.97 Å². The highest BCUT2D eigenvalue weighted by Crippen LogP contribution is 2.10. The van der Waals surface area contributed by atoms with Crippen LogP contribution in [0.4, 0.5) is 0 Å². The van der Waals surface area contributed by atoms with Gasteiger partial charge in [0.2, 0.25) is 5.91 Å².